The van der Waals surface area contributed by atoms with E-state index in [-0.39, 0.29) is 11.5 Å². The van der Waals surface area contributed by atoms with Crippen molar-refractivity contribution in [3.8, 4) is 0 Å². The molecule has 2 aromatic rings. The van der Waals surface area contributed by atoms with Crippen LogP contribution < -0.4 is 4.72 Å². The van der Waals surface area contributed by atoms with Gasteiger partial charge in [-0.05, 0) is 59.1 Å². The number of benzene rings is 1. The van der Waals surface area contributed by atoms with E-state index in [2.05, 4.69) is 36.6 Å². The van der Waals surface area contributed by atoms with Crippen molar-refractivity contribution in [3.05, 3.63) is 42.5 Å². The number of nitrogens with one attached hydrogen (secondary N) is 1. The Morgan fingerprint density at radius 2 is 1.76 bits per heavy atom. The number of aliphatic hydroxyl groups is 1. The molecule has 0 saturated heterocycles. The van der Waals surface area contributed by atoms with E-state index in [0.717, 1.165) is 15.6 Å². The zero-order chi connectivity index (χ0) is 15.8. The molecular weight excluding hydrogens is 442 g/mol. The minimum Gasteiger partial charge on any atom is -0.391 e. The Labute approximate surface area is 144 Å². The molecule has 0 aliphatic heterocycles. The van der Waals surface area contributed by atoms with E-state index < -0.39 is 10.0 Å². The van der Waals surface area contributed by atoms with Crippen LogP contribution in [0.2, 0.25) is 0 Å². The van der Waals surface area contributed by atoms with Crippen LogP contribution in [0.3, 0.4) is 0 Å². The molecule has 8 heteroatoms. The number of aliphatic hydroxyl groups excluding tert-OH is 1. The summed E-state index contributed by atoms with van der Waals surface area (Å²) in [7, 11) is -3.70. The van der Waals surface area contributed by atoms with E-state index in [1.165, 1.54) is 17.4 Å². The van der Waals surface area contributed by atoms with Gasteiger partial charge in [-0.15, -0.1) is 11.3 Å². The quantitative estimate of drug-likeness (QED) is 0.727. The van der Waals surface area contributed by atoms with Crippen molar-refractivity contribution < 1.29 is 13.5 Å². The Kier molecular flexibility index (Phi) is 5.15. The topological polar surface area (TPSA) is 66.4 Å². The Hall–Kier alpha value is -0.410. The number of anilines is 1. The van der Waals surface area contributed by atoms with E-state index in [9.17, 15) is 8.42 Å². The molecule has 114 valence electrons. The standard InChI is InChI=1S/C13H13Br2NO3S2/c1-7-3-9(14)4-8(2)12(7)16-21(18,19)11-5-10(6-17)20-13(11)15/h3-5,16-17H,6H2,1-2H3. The predicted octanol–water partition coefficient (Wildman–Crippen LogP) is 4.18. The zero-order valence-corrected chi connectivity index (χ0v) is 16.1. The van der Waals surface area contributed by atoms with Gasteiger partial charge < -0.3 is 5.11 Å². The van der Waals surface area contributed by atoms with Gasteiger partial charge in [0.05, 0.1) is 16.1 Å². The van der Waals surface area contributed by atoms with E-state index in [4.69, 9.17) is 5.11 Å². The second kappa shape index (κ2) is 6.37. The van der Waals surface area contributed by atoms with E-state index in [1.807, 2.05) is 26.0 Å². The summed E-state index contributed by atoms with van der Waals surface area (Å²) < 4.78 is 29.0. The number of rotatable bonds is 4. The lowest BCUT2D eigenvalue weighted by Crippen LogP contribution is -2.14. The molecule has 2 N–H and O–H groups in total. The molecule has 0 saturated carbocycles. The van der Waals surface area contributed by atoms with Crippen LogP contribution in [-0.2, 0) is 16.6 Å². The van der Waals surface area contributed by atoms with Gasteiger partial charge in [0.2, 0.25) is 0 Å². The van der Waals surface area contributed by atoms with E-state index in [0.29, 0.717) is 14.4 Å². The number of hydrogen-bond donors (Lipinski definition) is 2. The van der Waals surface area contributed by atoms with Crippen LogP contribution in [0.15, 0.2) is 31.4 Å². The first-order valence-electron chi connectivity index (χ1n) is 5.93. The first-order chi connectivity index (χ1) is 9.74. The molecule has 0 unspecified atom stereocenters. The minimum absolute atomic E-state index is 0.137. The maximum Gasteiger partial charge on any atom is 0.263 e. The fourth-order valence-electron chi connectivity index (χ4n) is 1.92. The number of aryl methyl sites for hydroxylation is 2. The molecule has 0 radical (unpaired) electrons. The third kappa shape index (κ3) is 3.68. The van der Waals surface area contributed by atoms with Gasteiger partial charge in [0, 0.05) is 9.35 Å². The second-order valence-corrected chi connectivity index (χ2v) is 9.55. The maximum atomic E-state index is 12.5. The molecule has 0 amide bonds. The Morgan fingerprint density at radius 3 is 2.24 bits per heavy atom. The van der Waals surface area contributed by atoms with Gasteiger partial charge in [0.25, 0.3) is 10.0 Å². The summed E-state index contributed by atoms with van der Waals surface area (Å²) in [5.74, 6) is 0. The molecule has 1 heterocycles. The van der Waals surface area contributed by atoms with Crippen LogP contribution in [0.1, 0.15) is 16.0 Å². The first-order valence-corrected chi connectivity index (χ1v) is 9.82. The minimum atomic E-state index is -3.70. The molecule has 2 rings (SSSR count). The van der Waals surface area contributed by atoms with Crippen molar-refractivity contribution in [1.29, 1.82) is 0 Å². The molecular formula is C13H13Br2NO3S2. The average Bonchev–Trinajstić information content (AvgIpc) is 2.76. The molecule has 0 aliphatic carbocycles. The SMILES string of the molecule is Cc1cc(Br)cc(C)c1NS(=O)(=O)c1cc(CO)sc1Br. The molecule has 0 bridgehead atoms. The Bertz CT molecular complexity index is 762. The fourth-order valence-corrected chi connectivity index (χ4v) is 6.35. The number of hydrogen-bond acceptors (Lipinski definition) is 4. The summed E-state index contributed by atoms with van der Waals surface area (Å²) in [5.41, 5.74) is 2.24. The largest absolute Gasteiger partial charge is 0.391 e. The van der Waals surface area contributed by atoms with Gasteiger partial charge in [0.1, 0.15) is 4.90 Å². The lowest BCUT2D eigenvalue weighted by molar-refractivity contribution is 0.285. The lowest BCUT2D eigenvalue weighted by Gasteiger charge is -2.13. The van der Waals surface area contributed by atoms with Crippen LogP contribution in [0.5, 0.6) is 0 Å². The predicted molar refractivity (Wildman–Crippen MR) is 92.4 cm³/mol. The summed E-state index contributed by atoms with van der Waals surface area (Å²) in [6.07, 6.45) is 0. The zero-order valence-electron chi connectivity index (χ0n) is 11.3. The normalized spacial score (nSPS) is 11.7. The molecule has 0 aliphatic rings. The van der Waals surface area contributed by atoms with Crippen molar-refractivity contribution >= 4 is 58.9 Å². The van der Waals surface area contributed by atoms with Crippen LogP contribution in [0, 0.1) is 13.8 Å². The third-order valence-corrected chi connectivity index (χ3v) is 6.93. The number of thiophene rings is 1. The number of halogens is 2. The molecule has 0 fully saturated rings. The molecule has 0 spiro atoms. The van der Waals surface area contributed by atoms with Crippen molar-refractivity contribution in [1.82, 2.24) is 0 Å². The van der Waals surface area contributed by atoms with Crippen LogP contribution in [0.4, 0.5) is 5.69 Å². The third-order valence-electron chi connectivity index (χ3n) is 2.89. The highest BCUT2D eigenvalue weighted by Crippen LogP contribution is 2.34. The van der Waals surface area contributed by atoms with Gasteiger partial charge in [-0.1, -0.05) is 15.9 Å². The summed E-state index contributed by atoms with van der Waals surface area (Å²) >= 11 is 7.82. The molecule has 4 nitrogen and oxygen atoms in total. The molecule has 1 aromatic heterocycles. The summed E-state index contributed by atoms with van der Waals surface area (Å²) in [6, 6.07) is 5.18. The van der Waals surface area contributed by atoms with Gasteiger partial charge >= 0.3 is 0 Å². The fraction of sp³-hybridized carbons (Fsp3) is 0.231. The van der Waals surface area contributed by atoms with Crippen molar-refractivity contribution in [3.63, 3.8) is 0 Å². The van der Waals surface area contributed by atoms with Gasteiger partial charge in [0.15, 0.2) is 0 Å². The summed E-state index contributed by atoms with van der Waals surface area (Å²) in [5, 5.41) is 9.12. The monoisotopic (exact) mass is 453 g/mol. The first kappa shape index (κ1) is 17.0. The van der Waals surface area contributed by atoms with Crippen LogP contribution in [0.25, 0.3) is 0 Å². The van der Waals surface area contributed by atoms with Crippen molar-refractivity contribution in [2.45, 2.75) is 25.3 Å². The molecule has 21 heavy (non-hydrogen) atoms. The second-order valence-electron chi connectivity index (χ2n) is 4.53. The van der Waals surface area contributed by atoms with Crippen molar-refractivity contribution in [2.75, 3.05) is 4.72 Å². The molecule has 0 atom stereocenters. The van der Waals surface area contributed by atoms with E-state index in [1.54, 1.807) is 0 Å². The molecule has 1 aromatic carbocycles. The van der Waals surface area contributed by atoms with Gasteiger partial charge in [-0.2, -0.15) is 0 Å². The Morgan fingerprint density at radius 1 is 1.19 bits per heavy atom. The highest BCUT2D eigenvalue weighted by Gasteiger charge is 2.22. The van der Waals surface area contributed by atoms with E-state index >= 15 is 0 Å². The maximum absolute atomic E-state index is 12.5. The smallest absolute Gasteiger partial charge is 0.263 e. The van der Waals surface area contributed by atoms with Gasteiger partial charge in [-0.3, -0.25) is 4.72 Å². The van der Waals surface area contributed by atoms with Crippen molar-refractivity contribution in [2.24, 2.45) is 0 Å². The Balaban J connectivity index is 2.44. The van der Waals surface area contributed by atoms with Gasteiger partial charge in [-0.25, -0.2) is 8.42 Å². The summed E-state index contributed by atoms with van der Waals surface area (Å²) in [4.78, 5) is 0.727. The average molecular weight is 455 g/mol. The highest BCUT2D eigenvalue weighted by atomic mass is 79.9. The van der Waals surface area contributed by atoms with Crippen LogP contribution in [-0.4, -0.2) is 13.5 Å². The van der Waals surface area contributed by atoms with Crippen LogP contribution >= 0.6 is 43.2 Å². The highest BCUT2D eigenvalue weighted by molar-refractivity contribution is 9.11. The summed E-state index contributed by atoms with van der Waals surface area (Å²) in [6.45, 7) is 3.50. The lowest BCUT2D eigenvalue weighted by atomic mass is 10.1. The number of sulfonamides is 1.